The molecule has 0 fully saturated rings. The molecule has 3 rings (SSSR count). The highest BCUT2D eigenvalue weighted by molar-refractivity contribution is 9.10. The maximum Gasteiger partial charge on any atom is 0.251 e. The van der Waals surface area contributed by atoms with Gasteiger partial charge in [-0.05, 0) is 31.5 Å². The number of aromatic nitrogens is 3. The van der Waals surface area contributed by atoms with E-state index in [1.807, 2.05) is 41.8 Å². The number of ether oxygens (including phenoxy) is 1. The van der Waals surface area contributed by atoms with Crippen molar-refractivity contribution < 1.29 is 9.53 Å². The molecule has 25 heavy (non-hydrogen) atoms. The van der Waals surface area contributed by atoms with Gasteiger partial charge in [0.1, 0.15) is 0 Å². The maximum absolute atomic E-state index is 12.2. The number of nitrogens with one attached hydrogen (secondary N) is 1. The van der Waals surface area contributed by atoms with Gasteiger partial charge in [-0.25, -0.2) is 0 Å². The highest BCUT2D eigenvalue weighted by Gasteiger charge is 2.13. The van der Waals surface area contributed by atoms with E-state index in [1.54, 1.807) is 12.1 Å². The fourth-order valence-corrected chi connectivity index (χ4v) is 2.94. The standard InChI is InChI=1S/C18H19BrN4O2/c1-2-25-11-5-9-20-18(24)13-8-10-23-16(12-13)21-22-17(23)14-6-3-4-7-15(14)19/h3-4,6-8,10,12H,2,5,9,11H2,1H3,(H,20,24). The van der Waals surface area contributed by atoms with Crippen molar-refractivity contribution in [2.45, 2.75) is 13.3 Å². The summed E-state index contributed by atoms with van der Waals surface area (Å²) < 4.78 is 8.07. The van der Waals surface area contributed by atoms with Crippen LogP contribution in [0.25, 0.3) is 17.0 Å². The second kappa shape index (κ2) is 8.22. The number of halogens is 1. The summed E-state index contributed by atoms with van der Waals surface area (Å²) in [5, 5.41) is 11.3. The van der Waals surface area contributed by atoms with Crippen LogP contribution >= 0.6 is 15.9 Å². The van der Waals surface area contributed by atoms with Gasteiger partial charge in [0.15, 0.2) is 11.5 Å². The van der Waals surface area contributed by atoms with Crippen LogP contribution in [-0.4, -0.2) is 40.3 Å². The lowest BCUT2D eigenvalue weighted by Crippen LogP contribution is -2.25. The molecule has 0 bridgehead atoms. The SMILES string of the molecule is CCOCCCNC(=O)c1ccn2c(-c3ccccc3Br)nnc2c1. The van der Waals surface area contributed by atoms with Crippen molar-refractivity contribution in [3.05, 3.63) is 52.6 Å². The van der Waals surface area contributed by atoms with E-state index < -0.39 is 0 Å². The van der Waals surface area contributed by atoms with Crippen molar-refractivity contribution in [3.63, 3.8) is 0 Å². The minimum absolute atomic E-state index is 0.121. The van der Waals surface area contributed by atoms with Crippen molar-refractivity contribution in [2.24, 2.45) is 0 Å². The van der Waals surface area contributed by atoms with Crippen LogP contribution in [0.15, 0.2) is 47.1 Å². The molecule has 0 atom stereocenters. The molecule has 0 saturated carbocycles. The number of fused-ring (bicyclic) bond motifs is 1. The molecule has 1 N–H and O–H groups in total. The first-order valence-corrected chi connectivity index (χ1v) is 8.95. The van der Waals surface area contributed by atoms with Crippen LogP contribution in [0.1, 0.15) is 23.7 Å². The second-order valence-electron chi connectivity index (χ2n) is 5.45. The van der Waals surface area contributed by atoms with Crippen LogP contribution in [-0.2, 0) is 4.74 Å². The molecule has 0 aliphatic rings. The molecule has 7 heteroatoms. The Morgan fingerprint density at radius 3 is 2.92 bits per heavy atom. The summed E-state index contributed by atoms with van der Waals surface area (Å²) in [5.41, 5.74) is 2.14. The van der Waals surface area contributed by atoms with Gasteiger partial charge in [-0.1, -0.05) is 34.1 Å². The third-order valence-electron chi connectivity index (χ3n) is 3.74. The normalized spacial score (nSPS) is 11.0. The number of hydrogen-bond acceptors (Lipinski definition) is 4. The summed E-state index contributed by atoms with van der Waals surface area (Å²) in [5.74, 6) is 0.607. The van der Waals surface area contributed by atoms with E-state index in [9.17, 15) is 4.79 Å². The van der Waals surface area contributed by atoms with Gasteiger partial charge < -0.3 is 10.1 Å². The van der Waals surface area contributed by atoms with Gasteiger partial charge in [-0.3, -0.25) is 9.20 Å². The van der Waals surface area contributed by atoms with Crippen LogP contribution in [0.3, 0.4) is 0 Å². The molecule has 6 nitrogen and oxygen atoms in total. The van der Waals surface area contributed by atoms with Crippen molar-refractivity contribution in [2.75, 3.05) is 19.8 Å². The van der Waals surface area contributed by atoms with Gasteiger partial charge in [-0.2, -0.15) is 0 Å². The lowest BCUT2D eigenvalue weighted by Gasteiger charge is -2.06. The van der Waals surface area contributed by atoms with Crippen LogP contribution in [0.4, 0.5) is 0 Å². The summed E-state index contributed by atoms with van der Waals surface area (Å²) in [6.45, 7) is 3.88. The molecule has 0 saturated heterocycles. The zero-order valence-electron chi connectivity index (χ0n) is 13.9. The quantitative estimate of drug-likeness (QED) is 0.615. The van der Waals surface area contributed by atoms with Crippen molar-refractivity contribution in [1.82, 2.24) is 19.9 Å². The Kier molecular flexibility index (Phi) is 5.78. The van der Waals surface area contributed by atoms with E-state index in [0.717, 1.165) is 22.3 Å². The molecule has 0 spiro atoms. The number of benzene rings is 1. The average Bonchev–Trinajstić information content (AvgIpc) is 3.05. The molecule has 0 unspecified atom stereocenters. The summed E-state index contributed by atoms with van der Waals surface area (Å²) in [4.78, 5) is 12.2. The van der Waals surface area contributed by atoms with E-state index in [4.69, 9.17) is 4.74 Å². The summed E-state index contributed by atoms with van der Waals surface area (Å²) in [7, 11) is 0. The Hall–Kier alpha value is -2.25. The molecule has 2 heterocycles. The lowest BCUT2D eigenvalue weighted by molar-refractivity contribution is 0.0944. The van der Waals surface area contributed by atoms with Gasteiger partial charge in [0.05, 0.1) is 0 Å². The van der Waals surface area contributed by atoms with E-state index >= 15 is 0 Å². The maximum atomic E-state index is 12.2. The number of nitrogens with zero attached hydrogens (tertiary/aromatic N) is 3. The molecule has 1 amide bonds. The fourth-order valence-electron chi connectivity index (χ4n) is 2.48. The van der Waals surface area contributed by atoms with E-state index in [-0.39, 0.29) is 5.91 Å². The Morgan fingerprint density at radius 1 is 1.28 bits per heavy atom. The number of carbonyl (C=O) groups is 1. The number of rotatable bonds is 7. The van der Waals surface area contributed by atoms with Crippen LogP contribution in [0.5, 0.6) is 0 Å². The summed E-state index contributed by atoms with van der Waals surface area (Å²) in [6, 6.07) is 11.3. The third kappa shape index (κ3) is 4.05. The molecule has 3 aromatic rings. The predicted octanol–water partition coefficient (Wildman–Crippen LogP) is 3.32. The summed E-state index contributed by atoms with van der Waals surface area (Å²) >= 11 is 3.53. The Balaban J connectivity index is 1.76. The zero-order chi connectivity index (χ0) is 17.6. The molecule has 130 valence electrons. The molecule has 0 aliphatic heterocycles. The average molecular weight is 403 g/mol. The minimum Gasteiger partial charge on any atom is -0.382 e. The largest absolute Gasteiger partial charge is 0.382 e. The molecular formula is C18H19BrN4O2. The van der Waals surface area contributed by atoms with E-state index in [0.29, 0.717) is 31.0 Å². The Bertz CT molecular complexity index is 878. The van der Waals surface area contributed by atoms with Crippen molar-refractivity contribution in [3.8, 4) is 11.4 Å². The summed E-state index contributed by atoms with van der Waals surface area (Å²) in [6.07, 6.45) is 2.61. The minimum atomic E-state index is -0.121. The van der Waals surface area contributed by atoms with Gasteiger partial charge >= 0.3 is 0 Å². The third-order valence-corrected chi connectivity index (χ3v) is 4.43. The van der Waals surface area contributed by atoms with Gasteiger partial charge in [0.2, 0.25) is 0 Å². The Morgan fingerprint density at radius 2 is 2.12 bits per heavy atom. The topological polar surface area (TPSA) is 68.5 Å². The van der Waals surface area contributed by atoms with Gasteiger partial charge in [0, 0.05) is 41.6 Å². The first kappa shape index (κ1) is 17.6. The zero-order valence-corrected chi connectivity index (χ0v) is 15.5. The highest BCUT2D eigenvalue weighted by atomic mass is 79.9. The number of hydrogen-bond donors (Lipinski definition) is 1. The van der Waals surface area contributed by atoms with Crippen molar-refractivity contribution in [1.29, 1.82) is 0 Å². The second-order valence-corrected chi connectivity index (χ2v) is 6.31. The molecule has 0 aliphatic carbocycles. The highest BCUT2D eigenvalue weighted by Crippen LogP contribution is 2.26. The fraction of sp³-hybridized carbons (Fsp3) is 0.278. The molecule has 1 aromatic carbocycles. The number of amides is 1. The molecular weight excluding hydrogens is 384 g/mol. The monoisotopic (exact) mass is 402 g/mol. The lowest BCUT2D eigenvalue weighted by atomic mass is 10.2. The first-order valence-electron chi connectivity index (χ1n) is 8.16. The van der Waals surface area contributed by atoms with Gasteiger partial charge in [0.25, 0.3) is 5.91 Å². The van der Waals surface area contributed by atoms with E-state index in [2.05, 4.69) is 31.4 Å². The first-order chi connectivity index (χ1) is 12.2. The van der Waals surface area contributed by atoms with Crippen LogP contribution in [0.2, 0.25) is 0 Å². The van der Waals surface area contributed by atoms with Gasteiger partial charge in [-0.15, -0.1) is 10.2 Å². The smallest absolute Gasteiger partial charge is 0.251 e. The Labute approximate surface area is 154 Å². The molecule has 0 radical (unpaired) electrons. The van der Waals surface area contributed by atoms with Crippen LogP contribution in [0, 0.1) is 0 Å². The molecule has 2 aromatic heterocycles. The number of pyridine rings is 1. The predicted molar refractivity (Wildman–Crippen MR) is 99.6 cm³/mol. The number of carbonyl (C=O) groups excluding carboxylic acids is 1. The van der Waals surface area contributed by atoms with Crippen LogP contribution < -0.4 is 5.32 Å². The van der Waals surface area contributed by atoms with Crippen molar-refractivity contribution >= 4 is 27.5 Å². The van der Waals surface area contributed by atoms with E-state index in [1.165, 1.54) is 0 Å².